The molecular weight excluding hydrogens is 398 g/mol. The van der Waals surface area contributed by atoms with Crippen LogP contribution >= 0.6 is 0 Å². The molecule has 0 bridgehead atoms. The van der Waals surface area contributed by atoms with E-state index >= 15 is 0 Å². The number of guanidine groups is 1. The number of hydrogen-bond donors (Lipinski definition) is 2. The predicted octanol–water partition coefficient (Wildman–Crippen LogP) is 1.57. The molecule has 0 aliphatic carbocycles. The molecule has 2 rings (SSSR count). The fraction of sp³-hybridized carbons (Fsp3) is 0.682. The maximum absolute atomic E-state index is 11.3. The molecular formula is C22H39N5O2S. The van der Waals surface area contributed by atoms with Crippen molar-refractivity contribution in [1.82, 2.24) is 20.4 Å². The monoisotopic (exact) mass is 437 g/mol. The van der Waals surface area contributed by atoms with Gasteiger partial charge >= 0.3 is 0 Å². The maximum Gasteiger partial charge on any atom is 0.191 e. The van der Waals surface area contributed by atoms with Crippen molar-refractivity contribution >= 4 is 15.8 Å². The summed E-state index contributed by atoms with van der Waals surface area (Å²) in [7, 11) is -2.93. The summed E-state index contributed by atoms with van der Waals surface area (Å²) >= 11 is 0. The Bertz CT molecular complexity index is 731. The molecule has 0 radical (unpaired) electrons. The number of aliphatic imine (C=N–C) groups is 1. The lowest BCUT2D eigenvalue weighted by Gasteiger charge is -2.34. The van der Waals surface area contributed by atoms with E-state index < -0.39 is 9.84 Å². The van der Waals surface area contributed by atoms with Gasteiger partial charge in [0.15, 0.2) is 5.96 Å². The second-order valence-electron chi connectivity index (χ2n) is 8.18. The average molecular weight is 438 g/mol. The Labute approximate surface area is 182 Å². The standard InChI is InChI=1S/C22H39N5O2S/c1-4-23-22(25-20(2)11-18-30(3,28)29)24-12-8-13-26-14-16-27(17-15-26)19-21-9-6-5-7-10-21/h5-7,9-10,20H,4,8,11-19H2,1-3H3,(H2,23,24,25). The van der Waals surface area contributed by atoms with Crippen LogP contribution in [0.25, 0.3) is 0 Å². The van der Waals surface area contributed by atoms with Crippen molar-refractivity contribution in [3.8, 4) is 0 Å². The molecule has 1 heterocycles. The van der Waals surface area contributed by atoms with Crippen LogP contribution in [0.1, 0.15) is 32.3 Å². The molecule has 0 saturated carbocycles. The lowest BCUT2D eigenvalue weighted by atomic mass is 10.2. The summed E-state index contributed by atoms with van der Waals surface area (Å²) in [4.78, 5) is 9.70. The van der Waals surface area contributed by atoms with Crippen LogP contribution in [0.15, 0.2) is 35.3 Å². The summed E-state index contributed by atoms with van der Waals surface area (Å²) in [6, 6.07) is 10.7. The lowest BCUT2D eigenvalue weighted by molar-refractivity contribution is 0.127. The quantitative estimate of drug-likeness (QED) is 0.311. The highest BCUT2D eigenvalue weighted by atomic mass is 32.2. The summed E-state index contributed by atoms with van der Waals surface area (Å²) in [5.74, 6) is 0.961. The fourth-order valence-corrected chi connectivity index (χ4v) is 4.30. The predicted molar refractivity (Wildman–Crippen MR) is 126 cm³/mol. The van der Waals surface area contributed by atoms with Gasteiger partial charge < -0.3 is 15.5 Å². The highest BCUT2D eigenvalue weighted by molar-refractivity contribution is 7.90. The maximum atomic E-state index is 11.3. The van der Waals surface area contributed by atoms with Crippen molar-refractivity contribution in [3.05, 3.63) is 35.9 Å². The summed E-state index contributed by atoms with van der Waals surface area (Å²) in [5, 5.41) is 6.56. The first-order chi connectivity index (χ1) is 14.4. The van der Waals surface area contributed by atoms with Crippen molar-refractivity contribution in [3.63, 3.8) is 0 Å². The molecule has 0 spiro atoms. The van der Waals surface area contributed by atoms with Crippen molar-refractivity contribution in [2.75, 3.05) is 57.8 Å². The Morgan fingerprint density at radius 2 is 1.80 bits per heavy atom. The van der Waals surface area contributed by atoms with E-state index in [4.69, 9.17) is 0 Å². The van der Waals surface area contributed by atoms with Crippen LogP contribution in [0, 0.1) is 0 Å². The number of nitrogens with zero attached hydrogens (tertiary/aromatic N) is 3. The van der Waals surface area contributed by atoms with Gasteiger partial charge in [0.2, 0.25) is 0 Å². The lowest BCUT2D eigenvalue weighted by Crippen LogP contribution is -2.46. The largest absolute Gasteiger partial charge is 0.357 e. The Kier molecular flexibility index (Phi) is 10.6. The summed E-state index contributed by atoms with van der Waals surface area (Å²) in [6.07, 6.45) is 2.88. The summed E-state index contributed by atoms with van der Waals surface area (Å²) in [6.45, 7) is 12.1. The van der Waals surface area contributed by atoms with E-state index in [-0.39, 0.29) is 11.8 Å². The van der Waals surface area contributed by atoms with Gasteiger partial charge in [-0.15, -0.1) is 0 Å². The Morgan fingerprint density at radius 1 is 1.13 bits per heavy atom. The van der Waals surface area contributed by atoms with Crippen molar-refractivity contribution in [1.29, 1.82) is 0 Å². The molecule has 2 N–H and O–H groups in total. The molecule has 0 aromatic heterocycles. The minimum atomic E-state index is -2.93. The molecule has 1 atom stereocenters. The van der Waals surface area contributed by atoms with Gasteiger partial charge in [-0.25, -0.2) is 8.42 Å². The minimum Gasteiger partial charge on any atom is -0.357 e. The van der Waals surface area contributed by atoms with E-state index in [1.54, 1.807) is 0 Å². The zero-order valence-electron chi connectivity index (χ0n) is 18.8. The molecule has 1 aliphatic rings. The van der Waals surface area contributed by atoms with Gasteiger partial charge in [0.25, 0.3) is 0 Å². The molecule has 1 fully saturated rings. The first-order valence-electron chi connectivity index (χ1n) is 11.1. The van der Waals surface area contributed by atoms with Crippen LogP contribution in [0.3, 0.4) is 0 Å². The number of hydrogen-bond acceptors (Lipinski definition) is 5. The highest BCUT2D eigenvalue weighted by Gasteiger charge is 2.16. The smallest absolute Gasteiger partial charge is 0.191 e. The highest BCUT2D eigenvalue weighted by Crippen LogP contribution is 2.08. The molecule has 1 unspecified atom stereocenters. The zero-order valence-corrected chi connectivity index (χ0v) is 19.6. The van der Waals surface area contributed by atoms with Gasteiger partial charge in [0.05, 0.1) is 5.75 Å². The molecule has 7 nitrogen and oxygen atoms in total. The third-order valence-corrected chi connectivity index (χ3v) is 6.24. The topological polar surface area (TPSA) is 77.0 Å². The van der Waals surface area contributed by atoms with Gasteiger partial charge in [-0.2, -0.15) is 0 Å². The number of sulfone groups is 1. The van der Waals surface area contributed by atoms with Gasteiger partial charge in [0.1, 0.15) is 9.84 Å². The summed E-state index contributed by atoms with van der Waals surface area (Å²) < 4.78 is 22.7. The van der Waals surface area contributed by atoms with E-state index in [1.165, 1.54) is 11.8 Å². The van der Waals surface area contributed by atoms with E-state index in [0.717, 1.165) is 64.7 Å². The van der Waals surface area contributed by atoms with Crippen LogP contribution < -0.4 is 10.6 Å². The van der Waals surface area contributed by atoms with E-state index in [1.807, 2.05) is 13.8 Å². The van der Waals surface area contributed by atoms with E-state index in [0.29, 0.717) is 6.42 Å². The number of rotatable bonds is 11. The van der Waals surface area contributed by atoms with Gasteiger partial charge in [-0.3, -0.25) is 9.89 Å². The second-order valence-corrected chi connectivity index (χ2v) is 10.4. The molecule has 8 heteroatoms. The van der Waals surface area contributed by atoms with E-state index in [2.05, 4.69) is 55.8 Å². The second kappa shape index (κ2) is 12.9. The molecule has 1 aliphatic heterocycles. The molecule has 30 heavy (non-hydrogen) atoms. The van der Waals surface area contributed by atoms with Crippen LogP contribution in [0.4, 0.5) is 0 Å². The van der Waals surface area contributed by atoms with Crippen molar-refractivity contribution in [2.24, 2.45) is 4.99 Å². The molecule has 1 aromatic carbocycles. The van der Waals surface area contributed by atoms with Gasteiger partial charge in [-0.1, -0.05) is 30.3 Å². The normalized spacial score (nSPS) is 17.6. The van der Waals surface area contributed by atoms with Gasteiger partial charge in [0, 0.05) is 64.7 Å². The molecule has 1 saturated heterocycles. The third kappa shape index (κ3) is 10.4. The first kappa shape index (κ1) is 24.6. The Hall–Kier alpha value is -1.64. The Balaban J connectivity index is 1.65. The minimum absolute atomic E-state index is 0.0650. The van der Waals surface area contributed by atoms with E-state index in [9.17, 15) is 8.42 Å². The molecule has 0 amide bonds. The number of benzene rings is 1. The molecule has 170 valence electrons. The van der Waals surface area contributed by atoms with Crippen molar-refractivity contribution in [2.45, 2.75) is 39.3 Å². The average Bonchev–Trinajstić information content (AvgIpc) is 2.71. The van der Waals surface area contributed by atoms with Crippen LogP contribution in [0.2, 0.25) is 0 Å². The fourth-order valence-electron chi connectivity index (χ4n) is 3.51. The Morgan fingerprint density at radius 3 is 2.43 bits per heavy atom. The van der Waals surface area contributed by atoms with Crippen molar-refractivity contribution < 1.29 is 8.42 Å². The summed E-state index contributed by atoms with van der Waals surface area (Å²) in [5.41, 5.74) is 1.38. The SMILES string of the molecule is CCNC(=NCCCN1CCN(Cc2ccccc2)CC1)NC(C)CCS(C)(=O)=O. The molecule has 1 aromatic rings. The van der Waals surface area contributed by atoms with Gasteiger partial charge in [-0.05, 0) is 32.3 Å². The number of piperazine rings is 1. The zero-order chi connectivity index (χ0) is 21.8. The van der Waals surface area contributed by atoms with Crippen LogP contribution in [0.5, 0.6) is 0 Å². The number of nitrogens with one attached hydrogen (secondary N) is 2. The van der Waals surface area contributed by atoms with Crippen LogP contribution in [-0.4, -0.2) is 88.0 Å². The van der Waals surface area contributed by atoms with Crippen LogP contribution in [-0.2, 0) is 16.4 Å². The first-order valence-corrected chi connectivity index (χ1v) is 13.1. The third-order valence-electron chi connectivity index (χ3n) is 5.27.